The molecule has 134 valence electrons. The Labute approximate surface area is 146 Å². The van der Waals surface area contributed by atoms with Crippen LogP contribution in [-0.4, -0.2) is 25.0 Å². The molecule has 1 saturated carbocycles. The number of hydrogen-bond donors (Lipinski definition) is 1. The van der Waals surface area contributed by atoms with Gasteiger partial charge in [-0.3, -0.25) is 4.79 Å². The lowest BCUT2D eigenvalue weighted by Gasteiger charge is -2.34. The van der Waals surface area contributed by atoms with Crippen LogP contribution in [-0.2, 0) is 4.79 Å². The van der Waals surface area contributed by atoms with Crippen LogP contribution in [0.5, 0.6) is 0 Å². The van der Waals surface area contributed by atoms with Gasteiger partial charge >= 0.3 is 0 Å². The second-order valence-electron chi connectivity index (χ2n) is 7.08. The molecule has 1 aliphatic carbocycles. The third-order valence-electron chi connectivity index (χ3n) is 5.27. The van der Waals surface area contributed by atoms with Crippen LogP contribution in [0.2, 0.25) is 0 Å². The molecule has 6 heteroatoms. The van der Waals surface area contributed by atoms with E-state index in [-0.39, 0.29) is 23.2 Å². The molecule has 3 rings (SSSR count). The van der Waals surface area contributed by atoms with Crippen molar-refractivity contribution in [2.75, 3.05) is 18.0 Å². The van der Waals surface area contributed by atoms with Crippen molar-refractivity contribution in [2.24, 2.45) is 5.92 Å². The zero-order valence-corrected chi connectivity index (χ0v) is 14.2. The third-order valence-corrected chi connectivity index (χ3v) is 5.27. The van der Waals surface area contributed by atoms with Gasteiger partial charge in [-0.25, -0.2) is 8.78 Å². The van der Waals surface area contributed by atoms with E-state index in [2.05, 4.69) is 5.32 Å². The predicted octanol–water partition coefficient (Wildman–Crippen LogP) is 3.50. The summed E-state index contributed by atoms with van der Waals surface area (Å²) in [5.41, 5.74) is -0.0949. The summed E-state index contributed by atoms with van der Waals surface area (Å²) >= 11 is 0. The average molecular weight is 347 g/mol. The molecular weight excluding hydrogens is 324 g/mol. The molecule has 2 fully saturated rings. The molecule has 1 heterocycles. The summed E-state index contributed by atoms with van der Waals surface area (Å²) in [5, 5.41) is 11.8. The van der Waals surface area contributed by atoms with Crippen molar-refractivity contribution in [1.29, 1.82) is 5.26 Å². The SMILES string of the molecule is N#Cc1cc(F)c(N2CCC(NC(=O)CC3CCCC3)CC2)c(F)c1. The number of nitriles is 1. The van der Waals surface area contributed by atoms with Gasteiger partial charge in [-0.2, -0.15) is 5.26 Å². The summed E-state index contributed by atoms with van der Waals surface area (Å²) in [6.45, 7) is 0.961. The van der Waals surface area contributed by atoms with Crippen molar-refractivity contribution < 1.29 is 13.6 Å². The number of carbonyl (C=O) groups is 1. The van der Waals surface area contributed by atoms with E-state index in [1.165, 1.54) is 12.8 Å². The highest BCUT2D eigenvalue weighted by molar-refractivity contribution is 5.76. The van der Waals surface area contributed by atoms with Crippen molar-refractivity contribution >= 4 is 11.6 Å². The lowest BCUT2D eigenvalue weighted by Crippen LogP contribution is -2.45. The third kappa shape index (κ3) is 4.28. The number of amides is 1. The number of anilines is 1. The molecule has 0 radical (unpaired) electrons. The molecule has 4 nitrogen and oxygen atoms in total. The van der Waals surface area contributed by atoms with E-state index in [9.17, 15) is 13.6 Å². The Morgan fingerprint density at radius 2 is 1.76 bits per heavy atom. The lowest BCUT2D eigenvalue weighted by atomic mass is 10.0. The summed E-state index contributed by atoms with van der Waals surface area (Å²) in [5.74, 6) is -0.802. The summed E-state index contributed by atoms with van der Waals surface area (Å²) in [4.78, 5) is 13.8. The van der Waals surface area contributed by atoms with Crippen molar-refractivity contribution in [3.8, 4) is 6.07 Å². The Hall–Kier alpha value is -2.16. The highest BCUT2D eigenvalue weighted by Gasteiger charge is 2.26. The predicted molar refractivity (Wildman–Crippen MR) is 91.0 cm³/mol. The number of rotatable bonds is 4. The summed E-state index contributed by atoms with van der Waals surface area (Å²) in [6, 6.07) is 3.94. The maximum Gasteiger partial charge on any atom is 0.220 e. The molecule has 0 aromatic heterocycles. The van der Waals surface area contributed by atoms with Crippen LogP contribution in [0.25, 0.3) is 0 Å². The second-order valence-corrected chi connectivity index (χ2v) is 7.08. The monoisotopic (exact) mass is 347 g/mol. The molecule has 1 saturated heterocycles. The fourth-order valence-electron chi connectivity index (χ4n) is 3.94. The lowest BCUT2D eigenvalue weighted by molar-refractivity contribution is -0.122. The van der Waals surface area contributed by atoms with E-state index in [1.54, 1.807) is 11.0 Å². The van der Waals surface area contributed by atoms with Gasteiger partial charge in [0.1, 0.15) is 5.69 Å². The van der Waals surface area contributed by atoms with Gasteiger partial charge in [-0.05, 0) is 43.7 Å². The van der Waals surface area contributed by atoms with E-state index in [1.807, 2.05) is 0 Å². The molecule has 0 bridgehead atoms. The molecule has 1 aromatic carbocycles. The molecule has 0 unspecified atom stereocenters. The molecule has 1 aliphatic heterocycles. The largest absolute Gasteiger partial charge is 0.367 e. The summed E-state index contributed by atoms with van der Waals surface area (Å²) in [6.07, 6.45) is 6.64. The molecule has 0 atom stereocenters. The molecule has 2 aliphatic rings. The van der Waals surface area contributed by atoms with Gasteiger partial charge in [0.25, 0.3) is 0 Å². The van der Waals surface area contributed by atoms with E-state index < -0.39 is 11.6 Å². The zero-order valence-electron chi connectivity index (χ0n) is 14.2. The number of benzene rings is 1. The van der Waals surface area contributed by atoms with Crippen LogP contribution in [0.1, 0.15) is 50.5 Å². The quantitative estimate of drug-likeness (QED) is 0.907. The van der Waals surface area contributed by atoms with Crippen LogP contribution in [0, 0.1) is 28.9 Å². The zero-order chi connectivity index (χ0) is 17.8. The maximum atomic E-state index is 14.1. The van der Waals surface area contributed by atoms with Crippen LogP contribution in [0.4, 0.5) is 14.5 Å². The highest BCUT2D eigenvalue weighted by Crippen LogP contribution is 2.29. The first-order chi connectivity index (χ1) is 12.1. The second kappa shape index (κ2) is 7.81. The first-order valence-corrected chi connectivity index (χ1v) is 9.00. The van der Waals surface area contributed by atoms with Crippen LogP contribution in [0.15, 0.2) is 12.1 Å². The fraction of sp³-hybridized carbons (Fsp3) is 0.579. The molecule has 1 N–H and O–H groups in total. The van der Waals surface area contributed by atoms with Crippen LogP contribution < -0.4 is 10.2 Å². The molecule has 0 spiro atoms. The van der Waals surface area contributed by atoms with Gasteiger partial charge in [0.15, 0.2) is 11.6 Å². The van der Waals surface area contributed by atoms with E-state index in [0.29, 0.717) is 38.3 Å². The van der Waals surface area contributed by atoms with Gasteiger partial charge in [0.05, 0.1) is 11.6 Å². The van der Waals surface area contributed by atoms with Crippen molar-refractivity contribution in [1.82, 2.24) is 5.32 Å². The van der Waals surface area contributed by atoms with Gasteiger partial charge in [-0.15, -0.1) is 0 Å². The van der Waals surface area contributed by atoms with Crippen LogP contribution >= 0.6 is 0 Å². The standard InChI is InChI=1S/C19H23F2N3O/c20-16-9-14(12-22)10-17(21)19(16)24-7-5-15(6-8-24)23-18(25)11-13-3-1-2-4-13/h9-10,13,15H,1-8,11H2,(H,23,25). The maximum absolute atomic E-state index is 14.1. The Morgan fingerprint density at radius 1 is 1.16 bits per heavy atom. The van der Waals surface area contributed by atoms with Crippen LogP contribution in [0.3, 0.4) is 0 Å². The first kappa shape index (κ1) is 17.7. The number of carbonyl (C=O) groups excluding carboxylic acids is 1. The number of hydrogen-bond acceptors (Lipinski definition) is 3. The normalized spacial score (nSPS) is 19.0. The number of nitrogens with one attached hydrogen (secondary N) is 1. The van der Waals surface area contributed by atoms with Crippen molar-refractivity contribution in [3.63, 3.8) is 0 Å². The Kier molecular flexibility index (Phi) is 5.52. The topological polar surface area (TPSA) is 56.1 Å². The van der Waals surface area contributed by atoms with Crippen molar-refractivity contribution in [3.05, 3.63) is 29.3 Å². The van der Waals surface area contributed by atoms with Gasteiger partial charge in [-0.1, -0.05) is 12.8 Å². The van der Waals surface area contributed by atoms with Gasteiger partial charge in [0, 0.05) is 25.6 Å². The minimum atomic E-state index is -0.708. The highest BCUT2D eigenvalue weighted by atomic mass is 19.1. The van der Waals surface area contributed by atoms with Gasteiger partial charge in [0.2, 0.25) is 5.91 Å². The molecular formula is C19H23F2N3O. The number of nitrogens with zero attached hydrogens (tertiary/aromatic N) is 2. The fourth-order valence-corrected chi connectivity index (χ4v) is 3.94. The van der Waals surface area contributed by atoms with Crippen molar-refractivity contribution in [2.45, 2.75) is 51.0 Å². The molecule has 1 aromatic rings. The Bertz CT molecular complexity index is 649. The summed E-state index contributed by atoms with van der Waals surface area (Å²) in [7, 11) is 0. The number of piperidine rings is 1. The smallest absolute Gasteiger partial charge is 0.220 e. The molecule has 25 heavy (non-hydrogen) atoms. The van der Waals surface area contributed by atoms with E-state index >= 15 is 0 Å². The Balaban J connectivity index is 1.53. The number of halogens is 2. The first-order valence-electron chi connectivity index (χ1n) is 9.00. The minimum absolute atomic E-state index is 0.0205. The van der Waals surface area contributed by atoms with Gasteiger partial charge < -0.3 is 10.2 Å². The Morgan fingerprint density at radius 3 is 2.32 bits per heavy atom. The van der Waals surface area contributed by atoms with E-state index in [0.717, 1.165) is 25.0 Å². The average Bonchev–Trinajstić information content (AvgIpc) is 3.08. The molecule has 1 amide bonds. The minimum Gasteiger partial charge on any atom is -0.367 e. The summed E-state index contributed by atoms with van der Waals surface area (Å²) < 4.78 is 28.2. The van der Waals surface area contributed by atoms with E-state index in [4.69, 9.17) is 5.26 Å².